The van der Waals surface area contributed by atoms with Gasteiger partial charge in [0.15, 0.2) is 0 Å². The monoisotopic (exact) mass is 397 g/mol. The fraction of sp³-hybridized carbons (Fsp3) is 0.318. The molecular weight excluding hydrogens is 374 g/mol. The van der Waals surface area contributed by atoms with E-state index in [2.05, 4.69) is 34.3 Å². The van der Waals surface area contributed by atoms with Crippen molar-refractivity contribution in [3.63, 3.8) is 0 Å². The Labute approximate surface area is 170 Å². The summed E-state index contributed by atoms with van der Waals surface area (Å²) >= 11 is 6.46. The number of hydrogen-bond acceptors (Lipinski definition) is 4. The van der Waals surface area contributed by atoms with Crippen LogP contribution in [0.3, 0.4) is 0 Å². The van der Waals surface area contributed by atoms with Gasteiger partial charge in [-0.1, -0.05) is 54.1 Å². The van der Waals surface area contributed by atoms with Gasteiger partial charge in [-0.3, -0.25) is 9.58 Å². The van der Waals surface area contributed by atoms with Crippen LogP contribution >= 0.6 is 11.6 Å². The van der Waals surface area contributed by atoms with Crippen molar-refractivity contribution >= 4 is 11.6 Å². The van der Waals surface area contributed by atoms with Gasteiger partial charge >= 0.3 is 0 Å². The molecule has 1 saturated heterocycles. The standard InChI is InChI=1S/C22H24ClN3O2/c23-20-5-2-1-4-19(20)22-21(16-27)28-13-12-25(22)14-17-6-8-18(9-7-17)15-26-11-3-10-24-26/h1-11,21-22,27H,12-16H2/t21-,22-/m0/s1. The van der Waals surface area contributed by atoms with E-state index in [-0.39, 0.29) is 18.8 Å². The first-order valence-corrected chi connectivity index (χ1v) is 9.88. The molecule has 4 rings (SSSR count). The molecule has 1 aliphatic heterocycles. The molecule has 0 spiro atoms. The van der Waals surface area contributed by atoms with Crippen LogP contribution in [0.2, 0.25) is 5.02 Å². The predicted molar refractivity (Wildman–Crippen MR) is 109 cm³/mol. The number of nitrogens with zero attached hydrogens (tertiary/aromatic N) is 3. The average Bonchev–Trinajstić information content (AvgIpc) is 3.23. The van der Waals surface area contributed by atoms with E-state index >= 15 is 0 Å². The van der Waals surface area contributed by atoms with Crippen molar-refractivity contribution in [2.45, 2.75) is 25.2 Å². The van der Waals surface area contributed by atoms with Crippen LogP contribution in [0.5, 0.6) is 0 Å². The molecular formula is C22H24ClN3O2. The van der Waals surface area contributed by atoms with Crippen molar-refractivity contribution in [1.82, 2.24) is 14.7 Å². The lowest BCUT2D eigenvalue weighted by molar-refractivity contribution is -0.0960. The van der Waals surface area contributed by atoms with Crippen molar-refractivity contribution in [2.75, 3.05) is 19.8 Å². The van der Waals surface area contributed by atoms with Gasteiger partial charge in [-0.05, 0) is 28.8 Å². The number of morpholine rings is 1. The van der Waals surface area contributed by atoms with Crippen LogP contribution < -0.4 is 0 Å². The van der Waals surface area contributed by atoms with E-state index in [0.717, 1.165) is 25.2 Å². The highest BCUT2D eigenvalue weighted by atomic mass is 35.5. The van der Waals surface area contributed by atoms with Gasteiger partial charge < -0.3 is 9.84 Å². The Morgan fingerprint density at radius 1 is 1.04 bits per heavy atom. The van der Waals surface area contributed by atoms with Crippen LogP contribution in [0, 0.1) is 0 Å². The third-order valence-electron chi connectivity index (χ3n) is 5.17. The second-order valence-corrected chi connectivity index (χ2v) is 7.46. The Kier molecular flexibility index (Phi) is 6.07. The van der Waals surface area contributed by atoms with E-state index in [1.807, 2.05) is 41.2 Å². The summed E-state index contributed by atoms with van der Waals surface area (Å²) in [6.07, 6.45) is 3.47. The van der Waals surface area contributed by atoms with Crippen LogP contribution in [0.1, 0.15) is 22.7 Å². The van der Waals surface area contributed by atoms with Gasteiger partial charge in [0.25, 0.3) is 0 Å². The Bertz CT molecular complexity index is 883. The lowest BCUT2D eigenvalue weighted by Gasteiger charge is -2.41. The summed E-state index contributed by atoms with van der Waals surface area (Å²) in [5, 5.41) is 14.8. The summed E-state index contributed by atoms with van der Waals surface area (Å²) in [5.74, 6) is 0. The fourth-order valence-electron chi connectivity index (χ4n) is 3.79. The second kappa shape index (κ2) is 8.88. The first kappa shape index (κ1) is 19.2. The average molecular weight is 398 g/mol. The normalized spacial score (nSPS) is 20.4. The molecule has 1 aromatic heterocycles. The summed E-state index contributed by atoms with van der Waals surface area (Å²) < 4.78 is 7.75. The van der Waals surface area contributed by atoms with Crippen molar-refractivity contribution in [3.8, 4) is 0 Å². The van der Waals surface area contributed by atoms with Gasteiger partial charge in [-0.2, -0.15) is 5.10 Å². The fourth-order valence-corrected chi connectivity index (χ4v) is 4.04. The van der Waals surface area contributed by atoms with Crippen molar-refractivity contribution in [2.24, 2.45) is 0 Å². The second-order valence-electron chi connectivity index (χ2n) is 7.05. The number of aromatic nitrogens is 2. The molecule has 2 atom stereocenters. The maximum Gasteiger partial charge on any atom is 0.100 e. The highest BCUT2D eigenvalue weighted by Crippen LogP contribution is 2.34. The van der Waals surface area contributed by atoms with E-state index < -0.39 is 0 Å². The highest BCUT2D eigenvalue weighted by Gasteiger charge is 2.34. The Hall–Kier alpha value is -2.18. The minimum absolute atomic E-state index is 0.0325. The maximum absolute atomic E-state index is 9.85. The zero-order valence-electron chi connectivity index (χ0n) is 15.6. The lowest BCUT2D eigenvalue weighted by atomic mass is 9.97. The van der Waals surface area contributed by atoms with E-state index in [9.17, 15) is 5.11 Å². The molecule has 1 fully saturated rings. The molecule has 3 aromatic rings. The SMILES string of the molecule is OC[C@@H]1OCCN(Cc2ccc(Cn3cccn3)cc2)[C@H]1c1ccccc1Cl. The first-order chi connectivity index (χ1) is 13.7. The van der Waals surface area contributed by atoms with Crippen LogP contribution in [0.4, 0.5) is 0 Å². The molecule has 2 heterocycles. The topological polar surface area (TPSA) is 50.5 Å². The molecule has 0 radical (unpaired) electrons. The van der Waals surface area contributed by atoms with Crippen molar-refractivity contribution in [3.05, 3.63) is 88.7 Å². The number of ether oxygens (including phenoxy) is 1. The number of hydrogen-bond donors (Lipinski definition) is 1. The van der Waals surface area contributed by atoms with Gasteiger partial charge in [0.1, 0.15) is 6.10 Å². The summed E-state index contributed by atoms with van der Waals surface area (Å²) in [5.41, 5.74) is 3.43. The van der Waals surface area contributed by atoms with E-state index in [4.69, 9.17) is 16.3 Å². The number of benzene rings is 2. The number of rotatable bonds is 6. The third kappa shape index (κ3) is 4.28. The smallest absolute Gasteiger partial charge is 0.100 e. The Morgan fingerprint density at radius 2 is 1.79 bits per heavy atom. The van der Waals surface area contributed by atoms with E-state index in [1.54, 1.807) is 6.20 Å². The molecule has 6 heteroatoms. The van der Waals surface area contributed by atoms with Crippen LogP contribution in [-0.4, -0.2) is 45.6 Å². The molecule has 0 saturated carbocycles. The number of aliphatic hydroxyl groups excluding tert-OH is 1. The largest absolute Gasteiger partial charge is 0.394 e. The zero-order valence-corrected chi connectivity index (χ0v) is 16.4. The van der Waals surface area contributed by atoms with Gasteiger partial charge in [0.2, 0.25) is 0 Å². The summed E-state index contributed by atoms with van der Waals surface area (Å²) in [6, 6.07) is 18.3. The Morgan fingerprint density at radius 3 is 2.46 bits per heavy atom. The molecule has 146 valence electrons. The molecule has 1 aliphatic rings. The van der Waals surface area contributed by atoms with E-state index in [1.165, 1.54) is 11.1 Å². The molecule has 2 aromatic carbocycles. The summed E-state index contributed by atoms with van der Waals surface area (Å²) in [6.45, 7) is 2.90. The molecule has 1 N–H and O–H groups in total. The lowest BCUT2D eigenvalue weighted by Crippen LogP contribution is -2.46. The molecule has 28 heavy (non-hydrogen) atoms. The summed E-state index contributed by atoms with van der Waals surface area (Å²) in [7, 11) is 0. The Balaban J connectivity index is 1.52. The minimum Gasteiger partial charge on any atom is -0.394 e. The molecule has 0 aliphatic carbocycles. The molecule has 0 unspecified atom stereocenters. The van der Waals surface area contributed by atoms with Gasteiger partial charge in [0, 0.05) is 30.5 Å². The first-order valence-electron chi connectivity index (χ1n) is 9.51. The minimum atomic E-state index is -0.285. The van der Waals surface area contributed by atoms with E-state index in [0.29, 0.717) is 11.6 Å². The number of aliphatic hydroxyl groups is 1. The van der Waals surface area contributed by atoms with Gasteiger partial charge in [-0.25, -0.2) is 0 Å². The van der Waals surface area contributed by atoms with Crippen molar-refractivity contribution < 1.29 is 9.84 Å². The summed E-state index contributed by atoms with van der Waals surface area (Å²) in [4.78, 5) is 2.34. The van der Waals surface area contributed by atoms with Crippen molar-refractivity contribution in [1.29, 1.82) is 0 Å². The molecule has 5 nitrogen and oxygen atoms in total. The van der Waals surface area contributed by atoms with Gasteiger partial charge in [0.05, 0.1) is 25.8 Å². The maximum atomic E-state index is 9.85. The number of halogens is 1. The van der Waals surface area contributed by atoms with Gasteiger partial charge in [-0.15, -0.1) is 0 Å². The molecule has 0 amide bonds. The van der Waals surface area contributed by atoms with Crippen LogP contribution in [0.15, 0.2) is 67.0 Å². The quantitative estimate of drug-likeness (QED) is 0.691. The van der Waals surface area contributed by atoms with Crippen LogP contribution in [0.25, 0.3) is 0 Å². The molecule has 0 bridgehead atoms. The van der Waals surface area contributed by atoms with Crippen LogP contribution in [-0.2, 0) is 17.8 Å². The predicted octanol–water partition coefficient (Wildman–Crippen LogP) is 3.52. The highest BCUT2D eigenvalue weighted by molar-refractivity contribution is 6.31. The third-order valence-corrected chi connectivity index (χ3v) is 5.52. The zero-order chi connectivity index (χ0) is 19.3.